The predicted molar refractivity (Wildman–Crippen MR) is 78.2 cm³/mol. The monoisotopic (exact) mass is 264 g/mol. The lowest BCUT2D eigenvalue weighted by Crippen LogP contribution is -2.39. The largest absolute Gasteiger partial charge is 0.493 e. The van der Waals surface area contributed by atoms with Crippen molar-refractivity contribution in [2.45, 2.75) is 33.7 Å². The zero-order valence-electron chi connectivity index (χ0n) is 12.1. The van der Waals surface area contributed by atoms with Crippen molar-refractivity contribution in [2.24, 2.45) is 17.6 Å². The van der Waals surface area contributed by atoms with Crippen molar-refractivity contribution in [3.8, 4) is 5.75 Å². The van der Waals surface area contributed by atoms with E-state index < -0.39 is 6.04 Å². The maximum Gasteiger partial charge on any atom is 0.241 e. The third kappa shape index (κ3) is 5.30. The van der Waals surface area contributed by atoms with E-state index in [-0.39, 0.29) is 11.8 Å². The summed E-state index contributed by atoms with van der Waals surface area (Å²) in [6.45, 7) is 8.68. The van der Waals surface area contributed by atoms with Gasteiger partial charge in [0.1, 0.15) is 5.75 Å². The first-order chi connectivity index (χ1) is 8.90. The first kappa shape index (κ1) is 15.5. The summed E-state index contributed by atoms with van der Waals surface area (Å²) < 4.78 is 5.62. The fourth-order valence-corrected chi connectivity index (χ4v) is 1.45. The Hall–Kier alpha value is -1.55. The van der Waals surface area contributed by atoms with Crippen LogP contribution >= 0.6 is 0 Å². The van der Waals surface area contributed by atoms with E-state index in [1.165, 1.54) is 0 Å². The third-order valence-electron chi connectivity index (χ3n) is 2.71. The zero-order valence-corrected chi connectivity index (χ0v) is 12.1. The van der Waals surface area contributed by atoms with Crippen molar-refractivity contribution >= 4 is 11.6 Å². The summed E-state index contributed by atoms with van der Waals surface area (Å²) >= 11 is 0. The van der Waals surface area contributed by atoms with Crippen LogP contribution in [0, 0.1) is 11.8 Å². The zero-order chi connectivity index (χ0) is 14.4. The molecule has 106 valence electrons. The molecule has 1 amide bonds. The number of rotatable bonds is 6. The van der Waals surface area contributed by atoms with E-state index in [0.29, 0.717) is 18.2 Å². The van der Waals surface area contributed by atoms with Crippen molar-refractivity contribution < 1.29 is 9.53 Å². The topological polar surface area (TPSA) is 64.3 Å². The van der Waals surface area contributed by atoms with Crippen LogP contribution in [0.2, 0.25) is 0 Å². The van der Waals surface area contributed by atoms with Crippen LogP contribution in [0.25, 0.3) is 0 Å². The van der Waals surface area contributed by atoms with Crippen LogP contribution in [0.5, 0.6) is 5.75 Å². The van der Waals surface area contributed by atoms with Crippen LogP contribution in [0.15, 0.2) is 24.3 Å². The molecular weight excluding hydrogens is 240 g/mol. The summed E-state index contributed by atoms with van der Waals surface area (Å²) in [4.78, 5) is 11.9. The molecule has 19 heavy (non-hydrogen) atoms. The van der Waals surface area contributed by atoms with Crippen LogP contribution in [-0.4, -0.2) is 18.6 Å². The van der Waals surface area contributed by atoms with Crippen LogP contribution in [0.1, 0.15) is 27.7 Å². The number of ether oxygens (including phenoxy) is 1. The molecule has 4 heteroatoms. The molecule has 0 saturated carbocycles. The number of nitrogens with one attached hydrogen (secondary N) is 1. The van der Waals surface area contributed by atoms with Gasteiger partial charge in [-0.1, -0.05) is 33.8 Å². The summed E-state index contributed by atoms with van der Waals surface area (Å²) in [6, 6.07) is 6.87. The van der Waals surface area contributed by atoms with E-state index in [4.69, 9.17) is 10.5 Å². The van der Waals surface area contributed by atoms with E-state index in [0.717, 1.165) is 5.75 Å². The highest BCUT2D eigenvalue weighted by atomic mass is 16.5. The Morgan fingerprint density at radius 2 is 2.00 bits per heavy atom. The molecule has 0 radical (unpaired) electrons. The molecule has 4 nitrogen and oxygen atoms in total. The Balaban J connectivity index is 2.64. The average Bonchev–Trinajstić information content (AvgIpc) is 2.35. The number of anilines is 1. The number of carbonyl (C=O) groups excluding carboxylic acids is 1. The van der Waals surface area contributed by atoms with E-state index >= 15 is 0 Å². The van der Waals surface area contributed by atoms with Crippen LogP contribution < -0.4 is 15.8 Å². The first-order valence-electron chi connectivity index (χ1n) is 6.69. The molecule has 0 unspecified atom stereocenters. The Morgan fingerprint density at radius 3 is 2.58 bits per heavy atom. The molecule has 1 rings (SSSR count). The second-order valence-corrected chi connectivity index (χ2v) is 5.49. The van der Waals surface area contributed by atoms with Crippen molar-refractivity contribution in [1.82, 2.24) is 0 Å². The van der Waals surface area contributed by atoms with Gasteiger partial charge in [-0.15, -0.1) is 0 Å². The molecule has 0 heterocycles. The van der Waals surface area contributed by atoms with Crippen molar-refractivity contribution in [1.29, 1.82) is 0 Å². The maximum absolute atomic E-state index is 11.9. The molecule has 0 saturated heterocycles. The lowest BCUT2D eigenvalue weighted by atomic mass is 10.0. The summed E-state index contributed by atoms with van der Waals surface area (Å²) in [5.41, 5.74) is 6.51. The minimum Gasteiger partial charge on any atom is -0.493 e. The molecule has 0 aromatic heterocycles. The van der Waals surface area contributed by atoms with E-state index in [1.54, 1.807) is 0 Å². The SMILES string of the molecule is CC(C)COc1cccc(NC(=O)[C@H](N)C(C)C)c1. The molecular formula is C15H24N2O2. The highest BCUT2D eigenvalue weighted by Gasteiger charge is 2.17. The highest BCUT2D eigenvalue weighted by molar-refractivity contribution is 5.94. The number of amides is 1. The second kappa shape index (κ2) is 7.14. The molecule has 0 aliphatic rings. The van der Waals surface area contributed by atoms with Gasteiger partial charge in [0, 0.05) is 11.8 Å². The minimum atomic E-state index is -0.500. The molecule has 0 spiro atoms. The Morgan fingerprint density at radius 1 is 1.32 bits per heavy atom. The summed E-state index contributed by atoms with van der Waals surface area (Å²) in [5, 5.41) is 2.81. The molecule has 3 N–H and O–H groups in total. The summed E-state index contributed by atoms with van der Waals surface area (Å²) in [6.07, 6.45) is 0. The van der Waals surface area contributed by atoms with Gasteiger partial charge >= 0.3 is 0 Å². The van der Waals surface area contributed by atoms with Crippen LogP contribution in [-0.2, 0) is 4.79 Å². The lowest BCUT2D eigenvalue weighted by molar-refractivity contribution is -0.118. The number of hydrogen-bond acceptors (Lipinski definition) is 3. The van der Waals surface area contributed by atoms with Crippen LogP contribution in [0.4, 0.5) is 5.69 Å². The van der Waals surface area contributed by atoms with Gasteiger partial charge in [0.25, 0.3) is 0 Å². The van der Waals surface area contributed by atoms with E-state index in [9.17, 15) is 4.79 Å². The summed E-state index contributed by atoms with van der Waals surface area (Å²) in [5.74, 6) is 1.16. The Bertz CT molecular complexity index is 416. The third-order valence-corrected chi connectivity index (χ3v) is 2.71. The van der Waals surface area contributed by atoms with Gasteiger partial charge in [-0.25, -0.2) is 0 Å². The second-order valence-electron chi connectivity index (χ2n) is 5.49. The number of carbonyl (C=O) groups is 1. The van der Waals surface area contributed by atoms with Crippen molar-refractivity contribution in [3.05, 3.63) is 24.3 Å². The van der Waals surface area contributed by atoms with Gasteiger partial charge in [0.2, 0.25) is 5.91 Å². The van der Waals surface area contributed by atoms with Crippen molar-refractivity contribution in [2.75, 3.05) is 11.9 Å². The fraction of sp³-hybridized carbons (Fsp3) is 0.533. The quantitative estimate of drug-likeness (QED) is 0.830. The molecule has 0 aliphatic carbocycles. The normalized spacial score (nSPS) is 12.6. The van der Waals surface area contributed by atoms with Gasteiger partial charge in [0.15, 0.2) is 0 Å². The standard InChI is InChI=1S/C15H24N2O2/c1-10(2)9-19-13-7-5-6-12(8-13)17-15(18)14(16)11(3)4/h5-8,10-11,14H,9,16H2,1-4H3,(H,17,18)/t14-/m1/s1. The maximum atomic E-state index is 11.9. The summed E-state index contributed by atoms with van der Waals surface area (Å²) in [7, 11) is 0. The van der Waals surface area contributed by atoms with Gasteiger partial charge in [-0.2, -0.15) is 0 Å². The predicted octanol–water partition coefficient (Wildman–Crippen LogP) is 2.64. The van der Waals surface area contributed by atoms with E-state index in [1.807, 2.05) is 38.1 Å². The van der Waals surface area contributed by atoms with E-state index in [2.05, 4.69) is 19.2 Å². The minimum absolute atomic E-state index is 0.111. The van der Waals surface area contributed by atoms with Crippen LogP contribution in [0.3, 0.4) is 0 Å². The van der Waals surface area contributed by atoms with Gasteiger partial charge < -0.3 is 15.8 Å². The average molecular weight is 264 g/mol. The highest BCUT2D eigenvalue weighted by Crippen LogP contribution is 2.18. The molecule has 1 atom stereocenters. The fourth-order valence-electron chi connectivity index (χ4n) is 1.45. The van der Waals surface area contributed by atoms with Gasteiger partial charge in [0.05, 0.1) is 12.6 Å². The molecule has 1 aromatic rings. The number of hydrogen-bond donors (Lipinski definition) is 2. The number of benzene rings is 1. The van der Waals surface area contributed by atoms with Gasteiger partial charge in [-0.3, -0.25) is 4.79 Å². The molecule has 0 aliphatic heterocycles. The molecule has 0 fully saturated rings. The molecule has 1 aromatic carbocycles. The van der Waals surface area contributed by atoms with Crippen molar-refractivity contribution in [3.63, 3.8) is 0 Å². The molecule has 0 bridgehead atoms. The number of nitrogens with two attached hydrogens (primary N) is 1. The Labute approximate surface area is 115 Å². The smallest absolute Gasteiger partial charge is 0.241 e. The lowest BCUT2D eigenvalue weighted by Gasteiger charge is -2.16. The van der Waals surface area contributed by atoms with Gasteiger partial charge in [-0.05, 0) is 24.0 Å². The Kier molecular flexibility index (Phi) is 5.83. The first-order valence-corrected chi connectivity index (χ1v) is 6.69.